The summed E-state index contributed by atoms with van der Waals surface area (Å²) in [5, 5.41) is 3.63. The fourth-order valence-electron chi connectivity index (χ4n) is 1.30. The molecule has 0 spiro atoms. The Morgan fingerprint density at radius 3 is 2.76 bits per heavy atom. The normalized spacial score (nSPS) is 13.8. The minimum atomic E-state index is -3.23. The molecular weight excluding hydrogens is 258 g/mol. The molecule has 1 aromatic rings. The summed E-state index contributed by atoms with van der Waals surface area (Å²) in [5.74, 6) is 0.0832. The molecule has 0 saturated heterocycles. The van der Waals surface area contributed by atoms with Crippen LogP contribution in [-0.2, 0) is 16.4 Å². The van der Waals surface area contributed by atoms with E-state index in [4.69, 9.17) is 0 Å². The zero-order valence-corrected chi connectivity index (χ0v) is 12.0. The standard InChI is InChI=1S/C10H19N3O2S2/c1-4-9-7-12-10(16-9)8(2)13-17(14,15)6-5-11-3/h7-8,11,13H,4-6H2,1-3H3. The maximum Gasteiger partial charge on any atom is 0.213 e. The number of aryl methyl sites for hydroxylation is 1. The topological polar surface area (TPSA) is 71.1 Å². The molecule has 7 heteroatoms. The van der Waals surface area contributed by atoms with Crippen LogP contribution >= 0.6 is 11.3 Å². The summed E-state index contributed by atoms with van der Waals surface area (Å²) in [6, 6.07) is -0.262. The van der Waals surface area contributed by atoms with Gasteiger partial charge in [-0.25, -0.2) is 18.1 Å². The maximum absolute atomic E-state index is 11.7. The summed E-state index contributed by atoms with van der Waals surface area (Å²) in [5.41, 5.74) is 0. The van der Waals surface area contributed by atoms with Crippen molar-refractivity contribution < 1.29 is 8.42 Å². The Balaban J connectivity index is 2.62. The molecule has 0 aliphatic rings. The second kappa shape index (κ2) is 6.44. The molecular formula is C10H19N3O2S2. The number of nitrogens with one attached hydrogen (secondary N) is 2. The van der Waals surface area contributed by atoms with E-state index < -0.39 is 10.0 Å². The van der Waals surface area contributed by atoms with Crippen molar-refractivity contribution in [1.82, 2.24) is 15.0 Å². The highest BCUT2D eigenvalue weighted by molar-refractivity contribution is 7.89. The zero-order valence-electron chi connectivity index (χ0n) is 10.4. The van der Waals surface area contributed by atoms with Gasteiger partial charge in [0.2, 0.25) is 10.0 Å². The fraction of sp³-hybridized carbons (Fsp3) is 0.700. The van der Waals surface area contributed by atoms with Crippen molar-refractivity contribution in [2.75, 3.05) is 19.3 Å². The van der Waals surface area contributed by atoms with Gasteiger partial charge in [0.25, 0.3) is 0 Å². The van der Waals surface area contributed by atoms with Gasteiger partial charge in [0, 0.05) is 17.6 Å². The first kappa shape index (κ1) is 14.6. The molecule has 98 valence electrons. The van der Waals surface area contributed by atoms with Gasteiger partial charge in [-0.05, 0) is 20.4 Å². The Morgan fingerprint density at radius 2 is 2.24 bits per heavy atom. The Bertz CT molecular complexity index is 442. The molecule has 1 aromatic heterocycles. The summed E-state index contributed by atoms with van der Waals surface area (Å²) in [6.07, 6.45) is 2.73. The van der Waals surface area contributed by atoms with Crippen molar-refractivity contribution >= 4 is 21.4 Å². The first-order valence-electron chi connectivity index (χ1n) is 5.57. The molecule has 1 atom stereocenters. The van der Waals surface area contributed by atoms with E-state index in [1.807, 2.05) is 6.92 Å². The van der Waals surface area contributed by atoms with E-state index in [1.165, 1.54) is 4.88 Å². The summed E-state index contributed by atoms with van der Waals surface area (Å²) >= 11 is 1.55. The predicted octanol–water partition coefficient (Wildman–Crippen LogP) is 0.905. The van der Waals surface area contributed by atoms with Crippen molar-refractivity contribution in [1.29, 1.82) is 0 Å². The molecule has 0 fully saturated rings. The molecule has 1 unspecified atom stereocenters. The molecule has 0 aliphatic carbocycles. The van der Waals surface area contributed by atoms with Gasteiger partial charge in [0.15, 0.2) is 0 Å². The number of thiazole rings is 1. The molecule has 0 aromatic carbocycles. The number of nitrogens with zero attached hydrogens (tertiary/aromatic N) is 1. The Hall–Kier alpha value is -0.500. The fourth-order valence-corrected chi connectivity index (χ4v) is 3.48. The first-order valence-corrected chi connectivity index (χ1v) is 8.04. The van der Waals surface area contributed by atoms with E-state index in [0.29, 0.717) is 6.54 Å². The second-order valence-electron chi connectivity index (χ2n) is 3.78. The number of hydrogen-bond acceptors (Lipinski definition) is 5. The van der Waals surface area contributed by atoms with E-state index in [-0.39, 0.29) is 11.8 Å². The lowest BCUT2D eigenvalue weighted by atomic mass is 10.4. The highest BCUT2D eigenvalue weighted by atomic mass is 32.2. The molecule has 1 rings (SSSR count). The Labute approximate surface area is 107 Å². The van der Waals surface area contributed by atoms with Gasteiger partial charge in [0.1, 0.15) is 5.01 Å². The molecule has 0 amide bonds. The van der Waals surface area contributed by atoms with Gasteiger partial charge in [-0.1, -0.05) is 6.92 Å². The third kappa shape index (κ3) is 4.71. The van der Waals surface area contributed by atoms with Crippen LogP contribution in [0.5, 0.6) is 0 Å². The summed E-state index contributed by atoms with van der Waals surface area (Å²) in [6.45, 7) is 4.31. The van der Waals surface area contributed by atoms with Crippen molar-refractivity contribution in [3.63, 3.8) is 0 Å². The molecule has 0 bridgehead atoms. The minimum absolute atomic E-state index is 0.0832. The Kier molecular flexibility index (Phi) is 5.51. The summed E-state index contributed by atoms with van der Waals surface area (Å²) in [4.78, 5) is 5.40. The van der Waals surface area contributed by atoms with Crippen molar-refractivity contribution in [3.05, 3.63) is 16.1 Å². The summed E-state index contributed by atoms with van der Waals surface area (Å²) < 4.78 is 26.0. The third-order valence-corrected chi connectivity index (χ3v) is 5.05. The highest BCUT2D eigenvalue weighted by Crippen LogP contribution is 2.20. The smallest absolute Gasteiger partial charge is 0.213 e. The van der Waals surface area contributed by atoms with Crippen molar-refractivity contribution in [2.24, 2.45) is 0 Å². The number of sulfonamides is 1. The monoisotopic (exact) mass is 277 g/mol. The van der Waals surface area contributed by atoms with Crippen molar-refractivity contribution in [2.45, 2.75) is 26.3 Å². The van der Waals surface area contributed by atoms with E-state index in [9.17, 15) is 8.42 Å². The van der Waals surface area contributed by atoms with E-state index in [2.05, 4.69) is 21.9 Å². The minimum Gasteiger partial charge on any atom is -0.319 e. The van der Waals surface area contributed by atoms with E-state index in [1.54, 1.807) is 24.6 Å². The molecule has 5 nitrogen and oxygen atoms in total. The average Bonchev–Trinajstić information content (AvgIpc) is 2.74. The van der Waals surface area contributed by atoms with Crippen LogP contribution in [0.4, 0.5) is 0 Å². The molecule has 0 radical (unpaired) electrons. The van der Waals surface area contributed by atoms with Crippen LogP contribution in [0.1, 0.15) is 29.8 Å². The van der Waals surface area contributed by atoms with Crippen molar-refractivity contribution in [3.8, 4) is 0 Å². The van der Waals surface area contributed by atoms with Crippen LogP contribution in [0.2, 0.25) is 0 Å². The van der Waals surface area contributed by atoms with Gasteiger partial charge in [0.05, 0.1) is 11.8 Å². The SMILES string of the molecule is CCc1cnc(C(C)NS(=O)(=O)CCNC)s1. The van der Waals surface area contributed by atoms with E-state index in [0.717, 1.165) is 11.4 Å². The quantitative estimate of drug-likeness (QED) is 0.777. The third-order valence-electron chi connectivity index (χ3n) is 2.27. The second-order valence-corrected chi connectivity index (χ2v) is 6.80. The lowest BCUT2D eigenvalue weighted by molar-refractivity contribution is 0.564. The summed E-state index contributed by atoms with van der Waals surface area (Å²) in [7, 11) is -1.50. The Morgan fingerprint density at radius 1 is 1.53 bits per heavy atom. The zero-order chi connectivity index (χ0) is 12.9. The van der Waals surface area contributed by atoms with Crippen LogP contribution in [0.15, 0.2) is 6.20 Å². The largest absolute Gasteiger partial charge is 0.319 e. The number of aromatic nitrogens is 1. The molecule has 0 saturated carbocycles. The molecule has 1 heterocycles. The average molecular weight is 277 g/mol. The van der Waals surface area contributed by atoms with E-state index >= 15 is 0 Å². The predicted molar refractivity (Wildman–Crippen MR) is 70.8 cm³/mol. The van der Waals surface area contributed by atoms with Gasteiger partial charge in [-0.2, -0.15) is 0 Å². The van der Waals surface area contributed by atoms with Crippen LogP contribution in [0.25, 0.3) is 0 Å². The lowest BCUT2D eigenvalue weighted by Crippen LogP contribution is -2.32. The van der Waals surface area contributed by atoms with Crippen LogP contribution < -0.4 is 10.0 Å². The van der Waals surface area contributed by atoms with Crippen LogP contribution in [-0.4, -0.2) is 32.7 Å². The molecule has 0 aliphatic heterocycles. The maximum atomic E-state index is 11.7. The van der Waals surface area contributed by atoms with Gasteiger partial charge >= 0.3 is 0 Å². The van der Waals surface area contributed by atoms with Gasteiger partial charge < -0.3 is 5.32 Å². The molecule has 2 N–H and O–H groups in total. The highest BCUT2D eigenvalue weighted by Gasteiger charge is 2.17. The lowest BCUT2D eigenvalue weighted by Gasteiger charge is -2.11. The number of hydrogen-bond donors (Lipinski definition) is 2. The van der Waals surface area contributed by atoms with Crippen LogP contribution in [0, 0.1) is 0 Å². The molecule has 17 heavy (non-hydrogen) atoms. The first-order chi connectivity index (χ1) is 7.98. The van der Waals surface area contributed by atoms with Gasteiger partial charge in [-0.3, -0.25) is 0 Å². The van der Waals surface area contributed by atoms with Gasteiger partial charge in [-0.15, -0.1) is 11.3 Å². The number of rotatable bonds is 7. The van der Waals surface area contributed by atoms with Crippen LogP contribution in [0.3, 0.4) is 0 Å².